The quantitative estimate of drug-likeness (QED) is 0.789. The fraction of sp³-hybridized carbons (Fsp3) is 0.600. The van der Waals surface area contributed by atoms with Gasteiger partial charge in [-0.2, -0.15) is 13.2 Å². The van der Waals surface area contributed by atoms with Gasteiger partial charge in [0.15, 0.2) is 0 Å². The van der Waals surface area contributed by atoms with E-state index in [9.17, 15) is 13.2 Å². The second-order valence-corrected chi connectivity index (χ2v) is 4.59. The van der Waals surface area contributed by atoms with Crippen molar-refractivity contribution in [1.29, 1.82) is 0 Å². The zero-order chi connectivity index (χ0) is 12.0. The van der Waals surface area contributed by atoms with Gasteiger partial charge in [-0.25, -0.2) is 0 Å². The van der Waals surface area contributed by atoms with Gasteiger partial charge in [-0.3, -0.25) is 0 Å². The van der Waals surface area contributed by atoms with Crippen molar-refractivity contribution >= 4 is 11.8 Å². The lowest BCUT2D eigenvalue weighted by Gasteiger charge is -2.12. The minimum absolute atomic E-state index is 0.00242. The number of hydrogen-bond donors (Lipinski definition) is 1. The van der Waals surface area contributed by atoms with E-state index in [0.29, 0.717) is 13.0 Å². The van der Waals surface area contributed by atoms with Gasteiger partial charge >= 0.3 is 5.51 Å². The molecule has 1 N–H and O–H groups in total. The lowest BCUT2D eigenvalue weighted by Crippen LogP contribution is -2.30. The molecule has 0 radical (unpaired) electrons. The number of halogens is 3. The topological polar surface area (TPSA) is 25.2 Å². The minimum Gasteiger partial charge on any atom is -0.469 e. The molecule has 1 aromatic heterocycles. The second kappa shape index (κ2) is 6.20. The van der Waals surface area contributed by atoms with Gasteiger partial charge in [0.25, 0.3) is 0 Å². The molecule has 0 saturated heterocycles. The van der Waals surface area contributed by atoms with Gasteiger partial charge in [0.05, 0.1) is 6.26 Å². The van der Waals surface area contributed by atoms with Crippen molar-refractivity contribution < 1.29 is 17.6 Å². The summed E-state index contributed by atoms with van der Waals surface area (Å²) >= 11 is -0.00242. The molecule has 0 saturated carbocycles. The van der Waals surface area contributed by atoms with Gasteiger partial charge in [0, 0.05) is 24.8 Å². The summed E-state index contributed by atoms with van der Waals surface area (Å²) < 4.78 is 40.6. The van der Waals surface area contributed by atoms with Crippen molar-refractivity contribution in [1.82, 2.24) is 5.32 Å². The van der Waals surface area contributed by atoms with E-state index in [1.165, 1.54) is 0 Å². The fourth-order valence-corrected chi connectivity index (χ4v) is 1.73. The molecule has 16 heavy (non-hydrogen) atoms. The van der Waals surface area contributed by atoms with Crippen molar-refractivity contribution in [3.8, 4) is 0 Å². The molecule has 92 valence electrons. The van der Waals surface area contributed by atoms with Crippen molar-refractivity contribution in [3.05, 3.63) is 24.2 Å². The molecule has 1 unspecified atom stereocenters. The van der Waals surface area contributed by atoms with Gasteiger partial charge in [0.2, 0.25) is 0 Å². The van der Waals surface area contributed by atoms with E-state index in [1.54, 1.807) is 12.3 Å². The van der Waals surface area contributed by atoms with Crippen LogP contribution >= 0.6 is 11.8 Å². The molecule has 0 aliphatic heterocycles. The second-order valence-electron chi connectivity index (χ2n) is 3.43. The molecule has 0 aliphatic rings. The molecule has 0 aromatic carbocycles. The summed E-state index contributed by atoms with van der Waals surface area (Å²) in [6.45, 7) is 2.26. The molecule has 6 heteroatoms. The predicted octanol–water partition coefficient (Wildman–Crippen LogP) is 3.05. The fourth-order valence-electron chi connectivity index (χ4n) is 1.27. The maximum atomic E-state index is 11.8. The first-order valence-electron chi connectivity index (χ1n) is 4.94. The van der Waals surface area contributed by atoms with Crippen LogP contribution in [-0.2, 0) is 6.42 Å². The first kappa shape index (κ1) is 13.4. The van der Waals surface area contributed by atoms with E-state index in [-0.39, 0.29) is 23.6 Å². The summed E-state index contributed by atoms with van der Waals surface area (Å²) in [5.74, 6) is 0.870. The van der Waals surface area contributed by atoms with Gasteiger partial charge in [-0.15, -0.1) is 0 Å². The first-order valence-corrected chi connectivity index (χ1v) is 5.92. The van der Waals surface area contributed by atoms with Crippen molar-refractivity contribution in [2.24, 2.45) is 0 Å². The van der Waals surface area contributed by atoms with E-state index in [1.807, 2.05) is 13.0 Å². The minimum atomic E-state index is -4.13. The largest absolute Gasteiger partial charge is 0.469 e. The Morgan fingerprint density at radius 1 is 1.50 bits per heavy atom. The molecule has 0 aliphatic carbocycles. The lowest BCUT2D eigenvalue weighted by atomic mass is 10.2. The Morgan fingerprint density at radius 3 is 2.81 bits per heavy atom. The van der Waals surface area contributed by atoms with Crippen molar-refractivity contribution in [2.75, 3.05) is 12.3 Å². The van der Waals surface area contributed by atoms with E-state index in [2.05, 4.69) is 5.32 Å². The number of nitrogens with one attached hydrogen (secondary N) is 1. The maximum absolute atomic E-state index is 11.8. The average Bonchev–Trinajstić information content (AvgIpc) is 2.63. The van der Waals surface area contributed by atoms with E-state index >= 15 is 0 Å². The van der Waals surface area contributed by atoms with Gasteiger partial charge in [0.1, 0.15) is 5.76 Å². The molecule has 0 bridgehead atoms. The third-order valence-corrected chi connectivity index (χ3v) is 2.68. The van der Waals surface area contributed by atoms with Crippen LogP contribution < -0.4 is 5.32 Å². The summed E-state index contributed by atoms with van der Waals surface area (Å²) in [7, 11) is 0. The molecular formula is C10H14F3NOS. The smallest absolute Gasteiger partial charge is 0.441 e. The standard InChI is InChI=1S/C10H14F3NOS/c1-8(7-9-3-2-5-15-9)14-4-6-16-10(11,12)13/h2-3,5,8,14H,4,6-7H2,1H3. The van der Waals surface area contributed by atoms with Crippen molar-refractivity contribution in [2.45, 2.75) is 24.9 Å². The average molecular weight is 253 g/mol. The van der Waals surface area contributed by atoms with Crippen molar-refractivity contribution in [3.63, 3.8) is 0 Å². The Labute approximate surface area is 96.6 Å². The van der Waals surface area contributed by atoms with Gasteiger partial charge in [-0.1, -0.05) is 0 Å². The van der Waals surface area contributed by atoms with Gasteiger partial charge in [-0.05, 0) is 30.8 Å². The zero-order valence-corrected chi connectivity index (χ0v) is 9.70. The molecular weight excluding hydrogens is 239 g/mol. The van der Waals surface area contributed by atoms with Crippen LogP contribution in [0.5, 0.6) is 0 Å². The van der Waals surface area contributed by atoms with Crippen LogP contribution in [0.3, 0.4) is 0 Å². The predicted molar refractivity (Wildman–Crippen MR) is 58.4 cm³/mol. The van der Waals surface area contributed by atoms with Crippen LogP contribution in [-0.4, -0.2) is 23.8 Å². The number of furan rings is 1. The molecule has 1 heterocycles. The number of rotatable bonds is 6. The lowest BCUT2D eigenvalue weighted by molar-refractivity contribution is -0.0327. The molecule has 1 atom stereocenters. The van der Waals surface area contributed by atoms with Crippen LogP contribution in [0.25, 0.3) is 0 Å². The molecule has 0 fully saturated rings. The van der Waals surface area contributed by atoms with Crippen LogP contribution in [0.1, 0.15) is 12.7 Å². The van der Waals surface area contributed by atoms with Crippen LogP contribution in [0.2, 0.25) is 0 Å². The first-order chi connectivity index (χ1) is 7.47. The Hall–Kier alpha value is -0.620. The SMILES string of the molecule is CC(Cc1ccco1)NCCSC(F)(F)F. The summed E-state index contributed by atoms with van der Waals surface area (Å²) in [6.07, 6.45) is 2.27. The summed E-state index contributed by atoms with van der Waals surface area (Å²) in [4.78, 5) is 0. The third-order valence-electron chi connectivity index (χ3n) is 1.95. The highest BCUT2D eigenvalue weighted by molar-refractivity contribution is 8.00. The Bertz CT molecular complexity index is 287. The van der Waals surface area contributed by atoms with Crippen LogP contribution in [0.15, 0.2) is 22.8 Å². The Kier molecular flexibility index (Phi) is 5.21. The van der Waals surface area contributed by atoms with E-state index < -0.39 is 5.51 Å². The van der Waals surface area contributed by atoms with Crippen LogP contribution in [0.4, 0.5) is 13.2 Å². The Balaban J connectivity index is 2.09. The molecule has 0 spiro atoms. The number of hydrogen-bond acceptors (Lipinski definition) is 3. The highest BCUT2D eigenvalue weighted by Gasteiger charge is 2.27. The third kappa shape index (κ3) is 6.07. The van der Waals surface area contributed by atoms with Gasteiger partial charge < -0.3 is 9.73 Å². The molecule has 1 rings (SSSR count). The monoisotopic (exact) mass is 253 g/mol. The highest BCUT2D eigenvalue weighted by atomic mass is 32.2. The Morgan fingerprint density at radius 2 is 2.25 bits per heavy atom. The summed E-state index contributed by atoms with van der Waals surface area (Å²) in [6, 6.07) is 3.75. The molecule has 1 aromatic rings. The summed E-state index contributed by atoms with van der Waals surface area (Å²) in [5, 5.41) is 3.01. The maximum Gasteiger partial charge on any atom is 0.441 e. The van der Waals surface area contributed by atoms with Crippen LogP contribution in [0, 0.1) is 0 Å². The molecule has 2 nitrogen and oxygen atoms in total. The van der Waals surface area contributed by atoms with E-state index in [4.69, 9.17) is 4.42 Å². The molecule has 0 amide bonds. The normalized spacial score (nSPS) is 14.0. The summed E-state index contributed by atoms with van der Waals surface area (Å²) in [5.41, 5.74) is -4.13. The number of alkyl halides is 3. The zero-order valence-electron chi connectivity index (χ0n) is 8.88. The highest BCUT2D eigenvalue weighted by Crippen LogP contribution is 2.29. The van der Waals surface area contributed by atoms with E-state index in [0.717, 1.165) is 5.76 Å². The number of thioether (sulfide) groups is 1.